The molecule has 7 nitrogen and oxygen atoms in total. The van der Waals surface area contributed by atoms with Crippen LogP contribution < -0.4 is 5.32 Å². The number of hydrogen-bond donors (Lipinski definition) is 2. The topological polar surface area (TPSA) is 95.9 Å². The summed E-state index contributed by atoms with van der Waals surface area (Å²) in [5.74, 6) is -1.14. The van der Waals surface area contributed by atoms with E-state index in [9.17, 15) is 32.7 Å². The van der Waals surface area contributed by atoms with Gasteiger partial charge in [0.15, 0.2) is 12.2 Å². The number of ether oxygens (including phenoxy) is 1. The second-order valence-electron chi connectivity index (χ2n) is 11.0. The van der Waals surface area contributed by atoms with Crippen molar-refractivity contribution < 1.29 is 37.4 Å². The molecule has 0 bridgehead atoms. The standard InChI is InChI=1S/C30H35F3N2O5/c1-20(36)40-18-26(37)34-19-29(23-6-4-3-5-7-23)16-14-25(15-17-29)35(24-12-13-24)27(38)21-8-10-22(11-9-21)28(2,39)30(31,32)33/h3-11,24-25,39H,12-19H2,1-2H3,(H,34,37)/t25-,28-,29+/m0/s1. The molecule has 10 heteroatoms. The van der Waals surface area contributed by atoms with Crippen LogP contribution in [0.2, 0.25) is 0 Å². The highest BCUT2D eigenvalue weighted by molar-refractivity contribution is 5.95. The molecule has 4 rings (SSSR count). The Bertz CT molecular complexity index is 1200. The Kier molecular flexibility index (Phi) is 8.58. The van der Waals surface area contributed by atoms with Crippen molar-refractivity contribution in [1.29, 1.82) is 0 Å². The minimum atomic E-state index is -4.84. The fraction of sp³-hybridized carbons (Fsp3) is 0.500. The van der Waals surface area contributed by atoms with Crippen LogP contribution in [0.3, 0.4) is 0 Å². The molecule has 2 aliphatic rings. The highest BCUT2D eigenvalue weighted by atomic mass is 19.4. The molecule has 2 amide bonds. The van der Waals surface area contributed by atoms with Crippen molar-refractivity contribution in [2.45, 2.75) is 81.6 Å². The van der Waals surface area contributed by atoms with Crippen LogP contribution in [0.25, 0.3) is 0 Å². The van der Waals surface area contributed by atoms with Crippen LogP contribution in [0, 0.1) is 0 Å². The van der Waals surface area contributed by atoms with E-state index in [1.54, 1.807) is 0 Å². The summed E-state index contributed by atoms with van der Waals surface area (Å²) in [6.07, 6.45) is -0.293. The van der Waals surface area contributed by atoms with Gasteiger partial charge in [-0.2, -0.15) is 13.2 Å². The van der Waals surface area contributed by atoms with E-state index in [0.29, 0.717) is 39.2 Å². The first-order valence-corrected chi connectivity index (χ1v) is 13.5. The molecule has 2 saturated carbocycles. The van der Waals surface area contributed by atoms with Crippen LogP contribution in [0.15, 0.2) is 54.6 Å². The highest BCUT2D eigenvalue weighted by Gasteiger charge is 2.51. The molecule has 2 aromatic rings. The third-order valence-electron chi connectivity index (χ3n) is 8.14. The van der Waals surface area contributed by atoms with Gasteiger partial charge in [0, 0.05) is 36.5 Å². The Morgan fingerprint density at radius 3 is 2.08 bits per heavy atom. The van der Waals surface area contributed by atoms with E-state index < -0.39 is 17.7 Å². The molecular formula is C30H35F3N2O5. The lowest BCUT2D eigenvalue weighted by molar-refractivity contribution is -0.258. The summed E-state index contributed by atoms with van der Waals surface area (Å²) in [6, 6.07) is 14.9. The number of hydrogen-bond acceptors (Lipinski definition) is 5. The van der Waals surface area contributed by atoms with Gasteiger partial charge in [0.1, 0.15) is 0 Å². The summed E-state index contributed by atoms with van der Waals surface area (Å²) in [5.41, 5.74) is -2.32. The largest absolute Gasteiger partial charge is 0.456 e. The second-order valence-corrected chi connectivity index (χ2v) is 11.0. The average molecular weight is 561 g/mol. The van der Waals surface area contributed by atoms with Gasteiger partial charge >= 0.3 is 12.1 Å². The van der Waals surface area contributed by atoms with Crippen LogP contribution in [0.4, 0.5) is 13.2 Å². The maximum Gasteiger partial charge on any atom is 0.421 e. The van der Waals surface area contributed by atoms with Gasteiger partial charge in [0.25, 0.3) is 11.8 Å². The molecule has 2 aliphatic carbocycles. The summed E-state index contributed by atoms with van der Waals surface area (Å²) in [5, 5.41) is 12.9. The minimum Gasteiger partial charge on any atom is -0.456 e. The maximum absolute atomic E-state index is 13.6. The number of aliphatic hydroxyl groups is 1. The Balaban J connectivity index is 1.48. The number of carbonyl (C=O) groups is 3. The molecule has 2 N–H and O–H groups in total. The van der Waals surface area contributed by atoms with Gasteiger partial charge in [-0.1, -0.05) is 42.5 Å². The van der Waals surface area contributed by atoms with Crippen LogP contribution in [0.1, 0.15) is 73.9 Å². The molecule has 0 radical (unpaired) electrons. The lowest BCUT2D eigenvalue weighted by Crippen LogP contribution is -2.50. The number of alkyl halides is 3. The quantitative estimate of drug-likeness (QED) is 0.437. The zero-order chi connectivity index (χ0) is 29.1. The molecule has 0 spiro atoms. The summed E-state index contributed by atoms with van der Waals surface area (Å²) in [7, 11) is 0. The molecule has 0 aliphatic heterocycles. The number of rotatable bonds is 9. The predicted octanol–water partition coefficient (Wildman–Crippen LogP) is 4.62. The van der Waals surface area contributed by atoms with Gasteiger partial charge in [-0.25, -0.2) is 0 Å². The first-order chi connectivity index (χ1) is 18.8. The van der Waals surface area contributed by atoms with Gasteiger partial charge in [0.05, 0.1) is 0 Å². The van der Waals surface area contributed by atoms with Crippen LogP contribution in [-0.2, 0) is 25.3 Å². The molecule has 0 heterocycles. The zero-order valence-electron chi connectivity index (χ0n) is 22.7. The Hall–Kier alpha value is -3.40. The molecule has 2 fully saturated rings. The molecule has 40 heavy (non-hydrogen) atoms. The number of amides is 2. The molecule has 2 aromatic carbocycles. The van der Waals surface area contributed by atoms with Gasteiger partial charge in [-0.05, 0) is 68.7 Å². The van der Waals surface area contributed by atoms with Gasteiger partial charge in [-0.15, -0.1) is 0 Å². The Morgan fingerprint density at radius 1 is 0.975 bits per heavy atom. The lowest BCUT2D eigenvalue weighted by Gasteiger charge is -2.44. The molecule has 0 aromatic heterocycles. The summed E-state index contributed by atoms with van der Waals surface area (Å²) < 4.78 is 44.6. The van der Waals surface area contributed by atoms with Crippen molar-refractivity contribution >= 4 is 17.8 Å². The SMILES string of the molecule is CC(=O)OCC(=O)NC[C@]1(c2ccccc2)CC[C@@H](N(C(=O)c2ccc([C@](C)(O)C(F)(F)F)cc2)C2CC2)CC1. The van der Waals surface area contributed by atoms with Crippen molar-refractivity contribution in [2.75, 3.05) is 13.2 Å². The highest BCUT2D eigenvalue weighted by Crippen LogP contribution is 2.43. The first kappa shape index (κ1) is 29.6. The number of nitrogens with one attached hydrogen (secondary N) is 1. The number of esters is 1. The number of halogens is 3. The van der Waals surface area contributed by atoms with E-state index >= 15 is 0 Å². The predicted molar refractivity (Wildman–Crippen MR) is 141 cm³/mol. The fourth-order valence-corrected chi connectivity index (χ4v) is 5.51. The van der Waals surface area contributed by atoms with E-state index in [1.807, 2.05) is 35.2 Å². The average Bonchev–Trinajstić information content (AvgIpc) is 3.77. The molecular weight excluding hydrogens is 525 g/mol. The van der Waals surface area contributed by atoms with Crippen LogP contribution in [-0.4, -0.2) is 59.2 Å². The Morgan fingerprint density at radius 2 is 1.55 bits per heavy atom. The van der Waals surface area contributed by atoms with E-state index in [4.69, 9.17) is 4.74 Å². The van der Waals surface area contributed by atoms with Crippen molar-refractivity contribution in [1.82, 2.24) is 10.2 Å². The van der Waals surface area contributed by atoms with Crippen molar-refractivity contribution in [3.8, 4) is 0 Å². The fourth-order valence-electron chi connectivity index (χ4n) is 5.51. The molecule has 0 saturated heterocycles. The van der Waals surface area contributed by atoms with E-state index in [0.717, 1.165) is 30.5 Å². The summed E-state index contributed by atoms with van der Waals surface area (Å²) in [6.45, 7) is 1.96. The number of carbonyl (C=O) groups excluding carboxylic acids is 3. The zero-order valence-corrected chi connectivity index (χ0v) is 22.7. The molecule has 216 valence electrons. The number of benzene rings is 2. The first-order valence-electron chi connectivity index (χ1n) is 13.5. The van der Waals surface area contributed by atoms with Crippen molar-refractivity contribution in [2.24, 2.45) is 0 Å². The molecule has 0 unspecified atom stereocenters. The van der Waals surface area contributed by atoms with Gasteiger partial charge in [0.2, 0.25) is 0 Å². The summed E-state index contributed by atoms with van der Waals surface area (Å²) in [4.78, 5) is 38.8. The van der Waals surface area contributed by atoms with Crippen LogP contribution in [0.5, 0.6) is 0 Å². The monoisotopic (exact) mass is 560 g/mol. The number of nitrogens with zero attached hydrogens (tertiary/aromatic N) is 1. The van der Waals surface area contributed by atoms with Gasteiger partial charge in [-0.3, -0.25) is 14.4 Å². The summed E-state index contributed by atoms with van der Waals surface area (Å²) >= 11 is 0. The van der Waals surface area contributed by atoms with Crippen LogP contribution >= 0.6 is 0 Å². The molecule has 1 atom stereocenters. The van der Waals surface area contributed by atoms with Crippen molar-refractivity contribution in [3.63, 3.8) is 0 Å². The van der Waals surface area contributed by atoms with E-state index in [1.165, 1.54) is 19.1 Å². The smallest absolute Gasteiger partial charge is 0.421 e. The Labute approximate surface area is 231 Å². The van der Waals surface area contributed by atoms with E-state index in [2.05, 4.69) is 5.32 Å². The van der Waals surface area contributed by atoms with Crippen molar-refractivity contribution in [3.05, 3.63) is 71.3 Å². The maximum atomic E-state index is 13.6. The third kappa shape index (κ3) is 6.49. The lowest BCUT2D eigenvalue weighted by atomic mass is 9.67. The normalized spacial score (nSPS) is 22.6. The third-order valence-corrected chi connectivity index (χ3v) is 8.14. The minimum absolute atomic E-state index is 0.0495. The van der Waals surface area contributed by atoms with Gasteiger partial charge < -0.3 is 20.1 Å². The second kappa shape index (κ2) is 11.6. The van der Waals surface area contributed by atoms with E-state index in [-0.39, 0.29) is 47.0 Å².